The zero-order chi connectivity index (χ0) is 16.9. The van der Waals surface area contributed by atoms with Crippen molar-refractivity contribution in [1.82, 2.24) is 0 Å². The Kier molecular flexibility index (Phi) is 13.1. The first kappa shape index (κ1) is 22.0. The Morgan fingerprint density at radius 2 is 1.29 bits per heavy atom. The first-order valence-corrected chi connectivity index (χ1v) is 7.92. The minimum Gasteiger partial charge on any atom is -0.466 e. The summed E-state index contributed by atoms with van der Waals surface area (Å²) in [6, 6.07) is 0. The molecule has 21 heavy (non-hydrogen) atoms. The minimum atomic E-state index is -2.54. The molecule has 0 fully saturated rings. The van der Waals surface area contributed by atoms with Crippen molar-refractivity contribution in [3.05, 3.63) is 12.2 Å². The second-order valence-corrected chi connectivity index (χ2v) is 6.78. The summed E-state index contributed by atoms with van der Waals surface area (Å²) in [5.41, 5.74) is 5.63. The second kappa shape index (κ2) is 12.5. The molecule has 8 nitrogen and oxygen atoms in total. The van der Waals surface area contributed by atoms with Crippen LogP contribution >= 0.6 is 0 Å². The van der Waals surface area contributed by atoms with Gasteiger partial charge in [0.1, 0.15) is 0 Å². The number of carbonyl (C=O) groups excluding carboxylic acids is 2. The van der Waals surface area contributed by atoms with Crippen molar-refractivity contribution in [2.24, 2.45) is 5.73 Å². The highest BCUT2D eigenvalue weighted by molar-refractivity contribution is 6.62. The van der Waals surface area contributed by atoms with E-state index in [-0.39, 0.29) is 5.67 Å². The fourth-order valence-corrected chi connectivity index (χ4v) is 3.13. The summed E-state index contributed by atoms with van der Waals surface area (Å²) in [5.74, 6) is -1.16. The number of methoxy groups -OCH3 is 2. The zero-order valence-electron chi connectivity index (χ0n) is 13.4. The van der Waals surface area contributed by atoms with Gasteiger partial charge in [0.05, 0.1) is 19.9 Å². The van der Waals surface area contributed by atoms with Crippen molar-refractivity contribution >= 4 is 20.7 Å². The predicted molar refractivity (Wildman–Crippen MR) is 78.2 cm³/mol. The van der Waals surface area contributed by atoms with Gasteiger partial charge in [-0.2, -0.15) is 0 Å². The summed E-state index contributed by atoms with van der Waals surface area (Å²) in [4.78, 5) is 20.6. The number of ether oxygens (including phenoxy) is 2. The van der Waals surface area contributed by atoms with E-state index >= 15 is 0 Å². The molecular weight excluding hydrogens is 298 g/mol. The number of esters is 2. The molecule has 0 aromatic rings. The average molecular weight is 323 g/mol. The van der Waals surface area contributed by atoms with Crippen molar-refractivity contribution in [2.75, 3.05) is 35.5 Å². The first-order valence-electron chi connectivity index (χ1n) is 6.12. The summed E-state index contributed by atoms with van der Waals surface area (Å²) in [5, 5.41) is 0. The standard InChI is InChI=1S/C6H17NO3Si.C6H8O4/c1-5-6(7)11(8-2,9-3)10-4;1-9-5(7)3-4-6(8)10-2/h6H,5,7H2,1-4H3;3-4H,1-2H3/b;4-3-. The quantitative estimate of drug-likeness (QED) is 0.397. The van der Waals surface area contributed by atoms with Gasteiger partial charge in [-0.05, 0) is 6.42 Å². The van der Waals surface area contributed by atoms with Gasteiger partial charge in [0.2, 0.25) is 0 Å². The molecule has 0 aliphatic carbocycles. The number of hydrogen-bond acceptors (Lipinski definition) is 8. The van der Waals surface area contributed by atoms with E-state index in [1.165, 1.54) is 14.2 Å². The lowest BCUT2D eigenvalue weighted by molar-refractivity contribution is -0.137. The SMILES string of the molecule is CCC(N)[Si](OC)(OC)OC.COC(=O)/C=C\C(=O)OC. The third kappa shape index (κ3) is 8.58. The van der Waals surface area contributed by atoms with Crippen molar-refractivity contribution in [1.29, 1.82) is 0 Å². The zero-order valence-corrected chi connectivity index (χ0v) is 14.4. The maximum absolute atomic E-state index is 10.3. The largest absolute Gasteiger partial charge is 0.517 e. The van der Waals surface area contributed by atoms with Crippen LogP contribution in [0.3, 0.4) is 0 Å². The van der Waals surface area contributed by atoms with Gasteiger partial charge >= 0.3 is 20.7 Å². The van der Waals surface area contributed by atoms with Crippen LogP contribution in [0.1, 0.15) is 13.3 Å². The number of carbonyl (C=O) groups is 2. The molecule has 0 aliphatic rings. The van der Waals surface area contributed by atoms with Crippen molar-refractivity contribution < 1.29 is 32.3 Å². The van der Waals surface area contributed by atoms with E-state index in [2.05, 4.69) is 9.47 Å². The Balaban J connectivity index is 0. The van der Waals surface area contributed by atoms with E-state index in [0.717, 1.165) is 18.6 Å². The molecule has 9 heteroatoms. The van der Waals surface area contributed by atoms with Gasteiger partial charge in [0.25, 0.3) is 0 Å². The lowest BCUT2D eigenvalue weighted by atomic mass is 10.5. The van der Waals surface area contributed by atoms with Crippen LogP contribution in [0.25, 0.3) is 0 Å². The van der Waals surface area contributed by atoms with E-state index in [1.807, 2.05) is 6.92 Å². The van der Waals surface area contributed by atoms with Gasteiger partial charge in [0.15, 0.2) is 0 Å². The lowest BCUT2D eigenvalue weighted by Gasteiger charge is -2.28. The molecule has 0 heterocycles. The van der Waals surface area contributed by atoms with Crippen LogP contribution in [-0.2, 0) is 32.3 Å². The van der Waals surface area contributed by atoms with Gasteiger partial charge in [-0.15, -0.1) is 0 Å². The second-order valence-electron chi connectivity index (χ2n) is 3.61. The Labute approximate surface area is 126 Å². The van der Waals surface area contributed by atoms with E-state index < -0.39 is 20.7 Å². The summed E-state index contributed by atoms with van der Waals surface area (Å²) in [6.07, 6.45) is 2.78. The maximum Gasteiger partial charge on any atom is 0.517 e. The molecule has 0 aliphatic heterocycles. The third-order valence-corrected chi connectivity index (χ3v) is 5.53. The Bertz CT molecular complexity index is 305. The number of hydrogen-bond donors (Lipinski definition) is 1. The number of nitrogens with two attached hydrogens (primary N) is 1. The monoisotopic (exact) mass is 323 g/mol. The van der Waals surface area contributed by atoms with E-state index in [4.69, 9.17) is 19.0 Å². The summed E-state index contributed by atoms with van der Waals surface area (Å²) in [7, 11) is 4.60. The van der Waals surface area contributed by atoms with Crippen molar-refractivity contribution in [2.45, 2.75) is 19.0 Å². The summed E-state index contributed by atoms with van der Waals surface area (Å²) in [6.45, 7) is 1.98. The average Bonchev–Trinajstić information content (AvgIpc) is 2.54. The molecule has 0 aromatic carbocycles. The van der Waals surface area contributed by atoms with E-state index in [1.54, 1.807) is 21.3 Å². The molecule has 124 valence electrons. The fourth-order valence-electron chi connectivity index (χ4n) is 1.23. The smallest absolute Gasteiger partial charge is 0.466 e. The van der Waals surface area contributed by atoms with Crippen LogP contribution < -0.4 is 5.73 Å². The van der Waals surface area contributed by atoms with Gasteiger partial charge < -0.3 is 28.5 Å². The molecule has 0 radical (unpaired) electrons. The Hall–Kier alpha value is -1.26. The van der Waals surface area contributed by atoms with Crippen molar-refractivity contribution in [3.63, 3.8) is 0 Å². The molecule has 0 amide bonds. The summed E-state index contributed by atoms with van der Waals surface area (Å²) >= 11 is 0. The highest BCUT2D eigenvalue weighted by Gasteiger charge is 2.44. The molecule has 0 saturated heterocycles. The molecular formula is C12H25NO7Si. The molecule has 0 bridgehead atoms. The highest BCUT2D eigenvalue weighted by Crippen LogP contribution is 2.11. The molecule has 0 saturated carbocycles. The molecule has 0 aromatic heterocycles. The van der Waals surface area contributed by atoms with Gasteiger partial charge in [0, 0.05) is 33.5 Å². The van der Waals surface area contributed by atoms with E-state index in [0.29, 0.717) is 0 Å². The first-order chi connectivity index (χ1) is 9.87. The lowest BCUT2D eigenvalue weighted by Crippen LogP contribution is -2.58. The van der Waals surface area contributed by atoms with Crippen molar-refractivity contribution in [3.8, 4) is 0 Å². The van der Waals surface area contributed by atoms with Crippen LogP contribution in [0, 0.1) is 0 Å². The van der Waals surface area contributed by atoms with Crippen LogP contribution in [0.15, 0.2) is 12.2 Å². The number of rotatable bonds is 7. The Morgan fingerprint density at radius 3 is 1.43 bits per heavy atom. The van der Waals surface area contributed by atoms with Crippen LogP contribution in [0.5, 0.6) is 0 Å². The summed E-state index contributed by atoms with van der Waals surface area (Å²) < 4.78 is 23.9. The predicted octanol–water partition coefficient (Wildman–Crippen LogP) is 0.0296. The molecule has 0 spiro atoms. The minimum absolute atomic E-state index is 0.137. The van der Waals surface area contributed by atoms with Crippen LogP contribution in [0.4, 0.5) is 0 Å². The van der Waals surface area contributed by atoms with Gasteiger partial charge in [-0.1, -0.05) is 6.92 Å². The van der Waals surface area contributed by atoms with Gasteiger partial charge in [-0.3, -0.25) is 0 Å². The van der Waals surface area contributed by atoms with Crippen LogP contribution in [-0.4, -0.2) is 62.0 Å². The molecule has 1 atom stereocenters. The molecule has 1 unspecified atom stereocenters. The molecule has 2 N–H and O–H groups in total. The maximum atomic E-state index is 10.3. The topological polar surface area (TPSA) is 106 Å². The third-order valence-electron chi connectivity index (χ3n) is 2.51. The molecule has 0 rings (SSSR count). The van der Waals surface area contributed by atoms with Crippen LogP contribution in [0.2, 0.25) is 0 Å². The normalized spacial score (nSPS) is 12.3. The fraction of sp³-hybridized carbons (Fsp3) is 0.667. The Morgan fingerprint density at radius 1 is 0.952 bits per heavy atom. The highest BCUT2D eigenvalue weighted by atomic mass is 28.4. The van der Waals surface area contributed by atoms with E-state index in [9.17, 15) is 9.59 Å². The van der Waals surface area contributed by atoms with Gasteiger partial charge in [-0.25, -0.2) is 9.59 Å².